The molecule has 4 rings (SSSR count). The number of nitrogens with one attached hydrogen (secondary N) is 1. The molecule has 0 radical (unpaired) electrons. The second-order valence-corrected chi connectivity index (χ2v) is 7.27. The normalized spacial score (nSPS) is 10.7. The topological polar surface area (TPSA) is 65.6 Å². The van der Waals surface area contributed by atoms with Gasteiger partial charge in [0.05, 0.1) is 39.8 Å². The number of hydrogen-bond donors (Lipinski definition) is 1. The Labute approximate surface area is 187 Å². The Bertz CT molecular complexity index is 1210. The van der Waals surface area contributed by atoms with Crippen molar-refractivity contribution >= 4 is 0 Å². The van der Waals surface area contributed by atoms with Crippen molar-refractivity contribution in [1.29, 1.82) is 0 Å². The molecule has 3 aromatic carbocycles. The van der Waals surface area contributed by atoms with Crippen LogP contribution in [0.1, 0.15) is 5.56 Å². The molecule has 0 atom stereocenters. The van der Waals surface area contributed by atoms with E-state index in [1.807, 2.05) is 49.4 Å². The summed E-state index contributed by atoms with van der Waals surface area (Å²) >= 11 is 0. The van der Waals surface area contributed by atoms with Crippen LogP contribution < -0.4 is 18.9 Å². The summed E-state index contributed by atoms with van der Waals surface area (Å²) in [6, 6.07) is 20.0. The molecule has 164 valence electrons. The second kappa shape index (κ2) is 9.06. The Morgan fingerprint density at radius 3 is 1.88 bits per heavy atom. The highest BCUT2D eigenvalue weighted by Gasteiger charge is 2.19. The standard InChI is InChI=1S/C26H26N2O4/c1-16-13-18(11-12-20(16)29-2)24-23(17-9-7-6-8-10-17)27-26(28-24)19-14-21(30-3)25(32-5)22(15-19)31-4/h6-15H,1-5H3,(H,27,28). The third kappa shape index (κ3) is 3.87. The SMILES string of the molecule is COc1ccc(-c2[nH]c(-c3cc(OC)c(OC)c(OC)c3)nc2-c2ccccc2)cc1C. The van der Waals surface area contributed by atoms with Gasteiger partial charge < -0.3 is 23.9 Å². The molecular weight excluding hydrogens is 404 g/mol. The minimum Gasteiger partial charge on any atom is -0.496 e. The average Bonchev–Trinajstić information content (AvgIpc) is 3.29. The monoisotopic (exact) mass is 430 g/mol. The van der Waals surface area contributed by atoms with Crippen molar-refractivity contribution in [2.24, 2.45) is 0 Å². The van der Waals surface area contributed by atoms with Crippen LogP contribution in [-0.2, 0) is 0 Å². The molecule has 6 heteroatoms. The maximum atomic E-state index is 5.53. The number of methoxy groups -OCH3 is 4. The van der Waals surface area contributed by atoms with E-state index in [1.54, 1.807) is 28.4 Å². The van der Waals surface area contributed by atoms with Crippen LogP contribution >= 0.6 is 0 Å². The van der Waals surface area contributed by atoms with Crippen molar-refractivity contribution in [3.8, 4) is 56.9 Å². The van der Waals surface area contributed by atoms with Crippen LogP contribution in [0.25, 0.3) is 33.9 Å². The van der Waals surface area contributed by atoms with Crippen LogP contribution in [0.4, 0.5) is 0 Å². The average molecular weight is 431 g/mol. The first-order chi connectivity index (χ1) is 15.6. The molecule has 0 saturated carbocycles. The maximum Gasteiger partial charge on any atom is 0.203 e. The van der Waals surface area contributed by atoms with Gasteiger partial charge in [0.15, 0.2) is 11.5 Å². The van der Waals surface area contributed by atoms with Crippen molar-refractivity contribution in [3.63, 3.8) is 0 Å². The number of rotatable bonds is 7. The molecule has 1 N–H and O–H groups in total. The van der Waals surface area contributed by atoms with Gasteiger partial charge in [0, 0.05) is 16.7 Å². The predicted molar refractivity (Wildman–Crippen MR) is 126 cm³/mol. The van der Waals surface area contributed by atoms with Crippen LogP contribution in [0, 0.1) is 6.92 Å². The molecule has 1 aromatic heterocycles. The number of nitrogens with zero attached hydrogens (tertiary/aromatic N) is 1. The van der Waals surface area contributed by atoms with Gasteiger partial charge in [-0.3, -0.25) is 0 Å². The molecule has 32 heavy (non-hydrogen) atoms. The molecule has 1 heterocycles. The fourth-order valence-electron chi connectivity index (χ4n) is 3.78. The largest absolute Gasteiger partial charge is 0.496 e. The fourth-order valence-corrected chi connectivity index (χ4v) is 3.78. The number of aromatic amines is 1. The van der Waals surface area contributed by atoms with E-state index in [-0.39, 0.29) is 0 Å². The van der Waals surface area contributed by atoms with Gasteiger partial charge in [0.25, 0.3) is 0 Å². The van der Waals surface area contributed by atoms with Crippen LogP contribution in [0.15, 0.2) is 60.7 Å². The number of H-pyrrole nitrogens is 1. The Hall–Kier alpha value is -3.93. The minimum atomic E-state index is 0.541. The van der Waals surface area contributed by atoms with Gasteiger partial charge in [0.1, 0.15) is 11.6 Å². The van der Waals surface area contributed by atoms with E-state index >= 15 is 0 Å². The van der Waals surface area contributed by atoms with E-state index in [9.17, 15) is 0 Å². The zero-order valence-corrected chi connectivity index (χ0v) is 18.9. The summed E-state index contributed by atoms with van der Waals surface area (Å²) in [7, 11) is 6.47. The van der Waals surface area contributed by atoms with Gasteiger partial charge in [-0.15, -0.1) is 0 Å². The Kier molecular flexibility index (Phi) is 6.03. The summed E-state index contributed by atoms with van der Waals surface area (Å²) in [6.45, 7) is 2.03. The molecule has 0 unspecified atom stereocenters. The third-order valence-electron chi connectivity index (χ3n) is 5.37. The fraction of sp³-hybridized carbons (Fsp3) is 0.192. The maximum absolute atomic E-state index is 5.53. The molecule has 0 fully saturated rings. The highest BCUT2D eigenvalue weighted by atomic mass is 16.5. The molecule has 0 amide bonds. The van der Waals surface area contributed by atoms with Crippen LogP contribution in [0.3, 0.4) is 0 Å². The summed E-state index contributed by atoms with van der Waals surface area (Å²) in [5.41, 5.74) is 5.70. The zero-order chi connectivity index (χ0) is 22.7. The van der Waals surface area contributed by atoms with Crippen molar-refractivity contribution in [2.45, 2.75) is 6.92 Å². The van der Waals surface area contributed by atoms with Crippen molar-refractivity contribution in [3.05, 3.63) is 66.2 Å². The molecule has 0 saturated heterocycles. The van der Waals surface area contributed by atoms with Crippen LogP contribution in [0.5, 0.6) is 23.0 Å². The summed E-state index contributed by atoms with van der Waals surface area (Å²) in [4.78, 5) is 8.48. The smallest absolute Gasteiger partial charge is 0.203 e. The van der Waals surface area contributed by atoms with Gasteiger partial charge in [-0.1, -0.05) is 30.3 Å². The van der Waals surface area contributed by atoms with E-state index in [0.29, 0.717) is 23.1 Å². The van der Waals surface area contributed by atoms with E-state index in [4.69, 9.17) is 23.9 Å². The summed E-state index contributed by atoms with van der Waals surface area (Å²) in [6.07, 6.45) is 0. The third-order valence-corrected chi connectivity index (χ3v) is 5.37. The Morgan fingerprint density at radius 2 is 1.31 bits per heavy atom. The Morgan fingerprint density at radius 1 is 0.656 bits per heavy atom. The van der Waals surface area contributed by atoms with E-state index in [2.05, 4.69) is 23.2 Å². The number of ether oxygens (including phenoxy) is 4. The van der Waals surface area contributed by atoms with Crippen LogP contribution in [0.2, 0.25) is 0 Å². The van der Waals surface area contributed by atoms with Crippen LogP contribution in [-0.4, -0.2) is 38.4 Å². The molecule has 0 aliphatic rings. The highest BCUT2D eigenvalue weighted by Crippen LogP contribution is 2.42. The lowest BCUT2D eigenvalue weighted by atomic mass is 10.0. The van der Waals surface area contributed by atoms with E-state index in [0.717, 1.165) is 39.4 Å². The van der Waals surface area contributed by atoms with Gasteiger partial charge >= 0.3 is 0 Å². The van der Waals surface area contributed by atoms with Gasteiger partial charge in [-0.25, -0.2) is 4.98 Å². The van der Waals surface area contributed by atoms with Crippen molar-refractivity contribution in [1.82, 2.24) is 9.97 Å². The summed E-state index contributed by atoms with van der Waals surface area (Å²) < 4.78 is 21.9. The molecule has 6 nitrogen and oxygen atoms in total. The number of aromatic nitrogens is 2. The van der Waals surface area contributed by atoms with Crippen molar-refractivity contribution < 1.29 is 18.9 Å². The first kappa shape index (κ1) is 21.3. The van der Waals surface area contributed by atoms with E-state index in [1.165, 1.54) is 0 Å². The second-order valence-electron chi connectivity index (χ2n) is 7.27. The summed E-state index contributed by atoms with van der Waals surface area (Å²) in [5, 5.41) is 0. The summed E-state index contributed by atoms with van der Waals surface area (Å²) in [5.74, 6) is 3.23. The quantitative estimate of drug-likeness (QED) is 0.404. The zero-order valence-electron chi connectivity index (χ0n) is 18.9. The van der Waals surface area contributed by atoms with E-state index < -0.39 is 0 Å². The lowest BCUT2D eigenvalue weighted by Crippen LogP contribution is -1.96. The number of imidazole rings is 1. The Balaban J connectivity index is 1.92. The van der Waals surface area contributed by atoms with Gasteiger partial charge in [-0.05, 0) is 42.8 Å². The number of aryl methyl sites for hydroxylation is 1. The van der Waals surface area contributed by atoms with Crippen molar-refractivity contribution in [2.75, 3.05) is 28.4 Å². The first-order valence-corrected chi connectivity index (χ1v) is 10.2. The van der Waals surface area contributed by atoms with Gasteiger partial charge in [0.2, 0.25) is 5.75 Å². The molecular formula is C26H26N2O4. The lowest BCUT2D eigenvalue weighted by molar-refractivity contribution is 0.324. The molecule has 0 spiro atoms. The minimum absolute atomic E-state index is 0.541. The highest BCUT2D eigenvalue weighted by molar-refractivity contribution is 5.82. The van der Waals surface area contributed by atoms with Gasteiger partial charge in [-0.2, -0.15) is 0 Å². The number of hydrogen-bond acceptors (Lipinski definition) is 5. The molecule has 0 bridgehead atoms. The molecule has 0 aliphatic carbocycles. The molecule has 4 aromatic rings. The number of benzene rings is 3. The lowest BCUT2D eigenvalue weighted by Gasteiger charge is -2.13. The predicted octanol–water partition coefficient (Wildman–Crippen LogP) is 5.75. The molecule has 0 aliphatic heterocycles. The first-order valence-electron chi connectivity index (χ1n) is 10.2.